The van der Waals surface area contributed by atoms with Gasteiger partial charge in [-0.15, -0.1) is 0 Å². The highest BCUT2D eigenvalue weighted by Crippen LogP contribution is 2.15. The molecule has 0 saturated heterocycles. The van der Waals surface area contributed by atoms with E-state index in [0.717, 1.165) is 0 Å². The van der Waals surface area contributed by atoms with Crippen molar-refractivity contribution in [3.05, 3.63) is 40.9 Å². The molecule has 0 aliphatic heterocycles. The van der Waals surface area contributed by atoms with Gasteiger partial charge in [-0.25, -0.2) is 0 Å². The molecule has 4 heteroatoms. The van der Waals surface area contributed by atoms with Gasteiger partial charge < -0.3 is 9.84 Å². The molecule has 0 saturated carbocycles. The largest absolute Gasteiger partial charge is 0.507 e. The zero-order chi connectivity index (χ0) is 11.3. The molecule has 0 amide bonds. The van der Waals surface area contributed by atoms with Gasteiger partial charge in [-0.3, -0.25) is 0 Å². The lowest BCUT2D eigenvalue weighted by Gasteiger charge is -2.02. The predicted molar refractivity (Wildman–Crippen MR) is 66.3 cm³/mol. The molecular formula is C11H11ClO2S. The number of benzene rings is 1. The lowest BCUT2D eigenvalue weighted by Crippen LogP contribution is -1.98. The van der Waals surface area contributed by atoms with E-state index >= 15 is 0 Å². The summed E-state index contributed by atoms with van der Waals surface area (Å²) in [6, 6.07) is 6.82. The van der Waals surface area contributed by atoms with Gasteiger partial charge in [-0.05, 0) is 43.4 Å². The van der Waals surface area contributed by atoms with Crippen LogP contribution in [0.15, 0.2) is 30.3 Å². The van der Waals surface area contributed by atoms with Crippen LogP contribution in [0.3, 0.4) is 0 Å². The molecule has 0 aliphatic rings. The molecule has 0 fully saturated rings. The smallest absolute Gasteiger partial charge is 0.187 e. The Balaban J connectivity index is 2.79. The maximum absolute atomic E-state index is 9.66. The Hall–Kier alpha value is -1.06. The normalized spacial score (nSPS) is 11.2. The van der Waals surface area contributed by atoms with Crippen molar-refractivity contribution in [1.82, 2.24) is 0 Å². The SMILES string of the molecule is CCOC(=S)/C=C(\O)c1ccc(Cl)cc1. The van der Waals surface area contributed by atoms with Crippen LogP contribution in [0, 0.1) is 0 Å². The molecule has 0 atom stereocenters. The zero-order valence-electron chi connectivity index (χ0n) is 8.24. The van der Waals surface area contributed by atoms with Crippen LogP contribution in [-0.4, -0.2) is 16.8 Å². The quantitative estimate of drug-likeness (QED) is 0.499. The highest BCUT2D eigenvalue weighted by molar-refractivity contribution is 7.80. The third kappa shape index (κ3) is 3.90. The van der Waals surface area contributed by atoms with E-state index in [2.05, 4.69) is 0 Å². The van der Waals surface area contributed by atoms with Crippen LogP contribution in [0.2, 0.25) is 5.02 Å². The van der Waals surface area contributed by atoms with Gasteiger partial charge in [-0.1, -0.05) is 11.6 Å². The molecule has 1 rings (SSSR count). The van der Waals surface area contributed by atoms with Crippen molar-refractivity contribution in [2.75, 3.05) is 6.61 Å². The van der Waals surface area contributed by atoms with Crippen LogP contribution in [-0.2, 0) is 4.74 Å². The van der Waals surface area contributed by atoms with Crippen LogP contribution in [0.5, 0.6) is 0 Å². The second-order valence-corrected chi connectivity index (χ2v) is 3.63. The maximum atomic E-state index is 9.66. The number of ether oxygens (including phenoxy) is 1. The van der Waals surface area contributed by atoms with Crippen LogP contribution in [0.4, 0.5) is 0 Å². The number of thiocarbonyl (C=S) groups is 1. The van der Waals surface area contributed by atoms with Crippen LogP contribution < -0.4 is 0 Å². The first kappa shape index (κ1) is 12.0. The van der Waals surface area contributed by atoms with E-state index in [4.69, 9.17) is 28.6 Å². The molecule has 1 aromatic carbocycles. The van der Waals surface area contributed by atoms with Crippen LogP contribution >= 0.6 is 23.8 Å². The minimum Gasteiger partial charge on any atom is -0.507 e. The molecule has 1 aromatic rings. The minimum atomic E-state index is 0.0742. The Morgan fingerprint density at radius 2 is 2.07 bits per heavy atom. The molecule has 0 aromatic heterocycles. The van der Waals surface area contributed by atoms with Gasteiger partial charge in [0, 0.05) is 16.7 Å². The Morgan fingerprint density at radius 3 is 2.60 bits per heavy atom. The molecule has 0 radical (unpaired) electrons. The summed E-state index contributed by atoms with van der Waals surface area (Å²) in [4.78, 5) is 0. The fourth-order valence-corrected chi connectivity index (χ4v) is 1.36. The number of hydrogen-bond acceptors (Lipinski definition) is 3. The van der Waals surface area contributed by atoms with E-state index < -0.39 is 0 Å². The van der Waals surface area contributed by atoms with Gasteiger partial charge in [-0.2, -0.15) is 0 Å². The van der Waals surface area contributed by atoms with E-state index in [0.29, 0.717) is 17.2 Å². The first-order valence-electron chi connectivity index (χ1n) is 4.47. The minimum absolute atomic E-state index is 0.0742. The fraction of sp³-hybridized carbons (Fsp3) is 0.182. The summed E-state index contributed by atoms with van der Waals surface area (Å²) in [7, 11) is 0. The Kier molecular flexibility index (Phi) is 4.59. The maximum Gasteiger partial charge on any atom is 0.187 e. The summed E-state index contributed by atoms with van der Waals surface area (Å²) in [5.74, 6) is 0.0742. The molecule has 1 N–H and O–H groups in total. The Bertz CT molecular complexity index is 371. The van der Waals surface area contributed by atoms with Crippen molar-refractivity contribution < 1.29 is 9.84 Å². The number of rotatable bonds is 3. The monoisotopic (exact) mass is 242 g/mol. The van der Waals surface area contributed by atoms with Gasteiger partial charge in [0.15, 0.2) is 5.05 Å². The molecule has 0 bridgehead atoms. The van der Waals surface area contributed by atoms with Crippen LogP contribution in [0.1, 0.15) is 12.5 Å². The van der Waals surface area contributed by atoms with Crippen molar-refractivity contribution in [2.24, 2.45) is 0 Å². The molecule has 0 heterocycles. The van der Waals surface area contributed by atoms with Crippen molar-refractivity contribution in [2.45, 2.75) is 6.92 Å². The van der Waals surface area contributed by atoms with Crippen molar-refractivity contribution in [3.8, 4) is 0 Å². The first-order valence-corrected chi connectivity index (χ1v) is 5.25. The number of aliphatic hydroxyl groups excluding tert-OH is 1. The second-order valence-electron chi connectivity index (χ2n) is 2.79. The third-order valence-corrected chi connectivity index (χ3v) is 2.17. The lowest BCUT2D eigenvalue weighted by atomic mass is 10.2. The van der Waals surface area contributed by atoms with Gasteiger partial charge in [0.2, 0.25) is 0 Å². The zero-order valence-corrected chi connectivity index (χ0v) is 9.81. The summed E-state index contributed by atoms with van der Waals surface area (Å²) in [6.07, 6.45) is 1.40. The van der Waals surface area contributed by atoms with Gasteiger partial charge in [0.05, 0.1) is 6.61 Å². The standard InChI is InChI=1S/C11H11ClO2S/c1-2-14-11(15)7-10(13)8-3-5-9(12)6-4-8/h3-7,13H,2H2,1H3/b10-7-. The van der Waals surface area contributed by atoms with Gasteiger partial charge in [0.1, 0.15) is 5.76 Å². The van der Waals surface area contributed by atoms with Crippen molar-refractivity contribution in [1.29, 1.82) is 0 Å². The van der Waals surface area contributed by atoms with E-state index in [9.17, 15) is 5.11 Å². The van der Waals surface area contributed by atoms with Crippen molar-refractivity contribution >= 4 is 34.6 Å². The third-order valence-electron chi connectivity index (χ3n) is 1.68. The van der Waals surface area contributed by atoms with Gasteiger partial charge in [0.25, 0.3) is 0 Å². The van der Waals surface area contributed by atoms with E-state index in [1.807, 2.05) is 6.92 Å². The van der Waals surface area contributed by atoms with E-state index in [-0.39, 0.29) is 10.8 Å². The summed E-state index contributed by atoms with van der Waals surface area (Å²) >= 11 is 10.6. The topological polar surface area (TPSA) is 29.5 Å². The Morgan fingerprint density at radius 1 is 1.47 bits per heavy atom. The summed E-state index contributed by atoms with van der Waals surface area (Å²) in [6.45, 7) is 2.32. The van der Waals surface area contributed by atoms with Crippen LogP contribution in [0.25, 0.3) is 5.76 Å². The fourth-order valence-electron chi connectivity index (χ4n) is 1.000. The van der Waals surface area contributed by atoms with Crippen molar-refractivity contribution in [3.63, 3.8) is 0 Å². The average molecular weight is 243 g/mol. The number of halogens is 1. The molecule has 15 heavy (non-hydrogen) atoms. The highest BCUT2D eigenvalue weighted by Gasteiger charge is 2.00. The average Bonchev–Trinajstić information content (AvgIpc) is 2.18. The molecule has 80 valence electrons. The number of aliphatic hydroxyl groups is 1. The van der Waals surface area contributed by atoms with E-state index in [1.54, 1.807) is 24.3 Å². The highest BCUT2D eigenvalue weighted by atomic mass is 35.5. The Labute approximate surface area is 99.1 Å². The lowest BCUT2D eigenvalue weighted by molar-refractivity contribution is 0.338. The summed E-state index contributed by atoms with van der Waals surface area (Å²) < 4.78 is 5.03. The number of hydrogen-bond donors (Lipinski definition) is 1. The first-order chi connectivity index (χ1) is 7.13. The molecule has 0 aliphatic carbocycles. The van der Waals surface area contributed by atoms with Gasteiger partial charge >= 0.3 is 0 Å². The molecule has 0 unspecified atom stereocenters. The molecule has 2 nitrogen and oxygen atoms in total. The summed E-state index contributed by atoms with van der Waals surface area (Å²) in [5, 5.41) is 10.6. The predicted octanol–water partition coefficient (Wildman–Crippen LogP) is 3.60. The second kappa shape index (κ2) is 5.73. The summed E-state index contributed by atoms with van der Waals surface area (Å²) in [5.41, 5.74) is 0.654. The van der Waals surface area contributed by atoms with E-state index in [1.165, 1.54) is 6.08 Å². The molecular weight excluding hydrogens is 232 g/mol. The molecule has 0 spiro atoms.